The number of carbonyl (C=O) groups excluding carboxylic acids is 1. The lowest BCUT2D eigenvalue weighted by Crippen LogP contribution is -1.93. The Morgan fingerprint density at radius 3 is 2.69 bits per heavy atom. The van der Waals surface area contributed by atoms with E-state index in [2.05, 4.69) is 0 Å². The lowest BCUT2D eigenvalue weighted by Gasteiger charge is -2.01. The molecule has 1 rings (SSSR count). The van der Waals surface area contributed by atoms with Crippen LogP contribution in [-0.2, 0) is 0 Å². The normalized spacial score (nSPS) is 9.31. The zero-order valence-corrected chi connectivity index (χ0v) is 7.59. The summed E-state index contributed by atoms with van der Waals surface area (Å²) in [5.74, 6) is -0.502. The molecule has 13 heavy (non-hydrogen) atoms. The zero-order valence-electron chi connectivity index (χ0n) is 6.84. The minimum atomic E-state index is -0.288. The van der Waals surface area contributed by atoms with Crippen LogP contribution in [0.2, 0.25) is 5.02 Å². The minimum Gasteiger partial charge on any atom is -0.507 e. The summed E-state index contributed by atoms with van der Waals surface area (Å²) in [6.45, 7) is 1.32. The van der Waals surface area contributed by atoms with Crippen LogP contribution in [-0.4, -0.2) is 10.9 Å². The van der Waals surface area contributed by atoms with Crippen molar-refractivity contribution >= 4 is 17.4 Å². The fraction of sp³-hybridized carbons (Fsp3) is 0.111. The van der Waals surface area contributed by atoms with Gasteiger partial charge < -0.3 is 5.11 Å². The van der Waals surface area contributed by atoms with E-state index in [9.17, 15) is 9.90 Å². The minimum absolute atomic E-state index is 0.129. The summed E-state index contributed by atoms with van der Waals surface area (Å²) in [6.07, 6.45) is 0. The molecule has 4 heteroatoms. The van der Waals surface area contributed by atoms with Gasteiger partial charge in [0, 0.05) is 0 Å². The summed E-state index contributed by atoms with van der Waals surface area (Å²) in [4.78, 5) is 10.9. The van der Waals surface area contributed by atoms with Gasteiger partial charge in [0.25, 0.3) is 0 Å². The smallest absolute Gasteiger partial charge is 0.163 e. The van der Waals surface area contributed by atoms with Gasteiger partial charge in [-0.1, -0.05) is 11.6 Å². The van der Waals surface area contributed by atoms with Crippen LogP contribution in [0.1, 0.15) is 22.8 Å². The average Bonchev–Trinajstić information content (AvgIpc) is 2.07. The monoisotopic (exact) mass is 195 g/mol. The fourth-order valence-corrected chi connectivity index (χ4v) is 1.14. The molecule has 0 saturated heterocycles. The van der Waals surface area contributed by atoms with Gasteiger partial charge >= 0.3 is 0 Å². The molecule has 0 spiro atoms. The number of nitrogens with zero attached hydrogens (tertiary/aromatic N) is 1. The number of aromatic hydroxyl groups is 1. The molecule has 0 bridgehead atoms. The Morgan fingerprint density at radius 1 is 1.62 bits per heavy atom. The Kier molecular flexibility index (Phi) is 2.54. The quantitative estimate of drug-likeness (QED) is 0.699. The van der Waals surface area contributed by atoms with Crippen LogP contribution in [0.15, 0.2) is 12.1 Å². The first kappa shape index (κ1) is 9.56. The molecule has 0 unspecified atom stereocenters. The first-order valence-corrected chi connectivity index (χ1v) is 3.87. The van der Waals surface area contributed by atoms with Gasteiger partial charge in [0.15, 0.2) is 5.78 Å². The number of phenols is 1. The molecular formula is C9H6ClNO2. The maximum Gasteiger partial charge on any atom is 0.163 e. The van der Waals surface area contributed by atoms with E-state index in [1.165, 1.54) is 19.1 Å². The van der Waals surface area contributed by atoms with Crippen LogP contribution >= 0.6 is 11.6 Å². The number of halogens is 1. The molecule has 66 valence electrons. The van der Waals surface area contributed by atoms with Gasteiger partial charge in [-0.3, -0.25) is 4.79 Å². The highest BCUT2D eigenvalue weighted by Crippen LogP contribution is 2.25. The van der Waals surface area contributed by atoms with Crippen LogP contribution < -0.4 is 0 Å². The van der Waals surface area contributed by atoms with Crippen molar-refractivity contribution in [2.24, 2.45) is 0 Å². The summed E-state index contributed by atoms with van der Waals surface area (Å²) in [7, 11) is 0. The van der Waals surface area contributed by atoms with Crippen molar-refractivity contribution < 1.29 is 9.90 Å². The van der Waals surface area contributed by atoms with Gasteiger partial charge in [-0.05, 0) is 19.1 Å². The third-order valence-electron chi connectivity index (χ3n) is 1.59. The van der Waals surface area contributed by atoms with Crippen LogP contribution in [0.25, 0.3) is 0 Å². The van der Waals surface area contributed by atoms with E-state index in [1.54, 1.807) is 6.07 Å². The number of carbonyl (C=O) groups is 1. The Balaban J connectivity index is 3.39. The lowest BCUT2D eigenvalue weighted by molar-refractivity contribution is 0.101. The van der Waals surface area contributed by atoms with E-state index in [0.29, 0.717) is 0 Å². The van der Waals surface area contributed by atoms with Crippen molar-refractivity contribution in [3.8, 4) is 11.8 Å². The summed E-state index contributed by atoms with van der Waals surface area (Å²) >= 11 is 5.66. The summed E-state index contributed by atoms with van der Waals surface area (Å²) in [5, 5.41) is 18.0. The number of phenolic OH excluding ortho intramolecular Hbond substituents is 1. The molecule has 0 amide bonds. The van der Waals surface area contributed by atoms with Crippen molar-refractivity contribution in [1.29, 1.82) is 5.26 Å². The van der Waals surface area contributed by atoms with E-state index in [0.717, 1.165) is 0 Å². The molecule has 0 fully saturated rings. The summed E-state index contributed by atoms with van der Waals surface area (Å²) in [6, 6.07) is 4.27. The molecule has 0 aromatic heterocycles. The first-order valence-electron chi connectivity index (χ1n) is 3.50. The van der Waals surface area contributed by atoms with Gasteiger partial charge in [0.2, 0.25) is 0 Å². The second-order valence-electron chi connectivity index (χ2n) is 2.52. The molecule has 3 nitrogen and oxygen atoms in total. The molecule has 0 radical (unpaired) electrons. The lowest BCUT2D eigenvalue weighted by atomic mass is 10.1. The largest absolute Gasteiger partial charge is 0.507 e. The maximum atomic E-state index is 10.9. The zero-order chi connectivity index (χ0) is 10.0. The predicted molar refractivity (Wildman–Crippen MR) is 47.8 cm³/mol. The SMILES string of the molecule is CC(=O)c1cc(Cl)c(C#N)cc1O. The number of Topliss-reactive ketones (excluding diaryl/α,β-unsaturated/α-hetero) is 1. The molecular weight excluding hydrogens is 190 g/mol. The van der Waals surface area contributed by atoms with E-state index in [4.69, 9.17) is 16.9 Å². The molecule has 1 aromatic carbocycles. The van der Waals surface area contributed by atoms with Gasteiger partial charge in [-0.2, -0.15) is 5.26 Å². The van der Waals surface area contributed by atoms with E-state index in [-0.39, 0.29) is 27.7 Å². The Morgan fingerprint density at radius 2 is 2.23 bits per heavy atom. The molecule has 0 aliphatic rings. The number of benzene rings is 1. The predicted octanol–water partition coefficient (Wildman–Crippen LogP) is 2.12. The van der Waals surface area contributed by atoms with E-state index >= 15 is 0 Å². The first-order chi connectivity index (χ1) is 6.06. The van der Waals surface area contributed by atoms with Gasteiger partial charge in [-0.15, -0.1) is 0 Å². The highest BCUT2D eigenvalue weighted by Gasteiger charge is 2.10. The van der Waals surface area contributed by atoms with Gasteiger partial charge in [0.1, 0.15) is 11.8 Å². The maximum absolute atomic E-state index is 10.9. The number of hydrogen-bond acceptors (Lipinski definition) is 3. The van der Waals surface area contributed by atoms with Gasteiger partial charge in [-0.25, -0.2) is 0 Å². The number of nitriles is 1. The van der Waals surface area contributed by atoms with Gasteiger partial charge in [0.05, 0.1) is 16.1 Å². The van der Waals surface area contributed by atoms with Crippen LogP contribution in [0, 0.1) is 11.3 Å². The Hall–Kier alpha value is -1.53. The highest BCUT2D eigenvalue weighted by molar-refractivity contribution is 6.32. The van der Waals surface area contributed by atoms with E-state index < -0.39 is 0 Å². The number of rotatable bonds is 1. The molecule has 0 saturated carbocycles. The van der Waals surface area contributed by atoms with Crippen LogP contribution in [0.4, 0.5) is 0 Å². The molecule has 0 aliphatic heterocycles. The molecule has 1 N–H and O–H groups in total. The van der Waals surface area contributed by atoms with E-state index in [1.807, 2.05) is 0 Å². The summed E-state index contributed by atoms with van der Waals surface area (Å²) in [5.41, 5.74) is 0.285. The van der Waals surface area contributed by atoms with Crippen LogP contribution in [0.5, 0.6) is 5.75 Å². The van der Waals surface area contributed by atoms with Crippen molar-refractivity contribution in [2.75, 3.05) is 0 Å². The van der Waals surface area contributed by atoms with Crippen molar-refractivity contribution in [3.63, 3.8) is 0 Å². The Labute approximate surface area is 80.2 Å². The third-order valence-corrected chi connectivity index (χ3v) is 1.90. The topological polar surface area (TPSA) is 61.1 Å². The molecule has 0 aliphatic carbocycles. The molecule has 1 aromatic rings. The van der Waals surface area contributed by atoms with Crippen LogP contribution in [0.3, 0.4) is 0 Å². The second-order valence-corrected chi connectivity index (χ2v) is 2.92. The fourth-order valence-electron chi connectivity index (χ4n) is 0.929. The highest BCUT2D eigenvalue weighted by atomic mass is 35.5. The Bertz CT molecular complexity index is 407. The molecule has 0 atom stereocenters. The summed E-state index contributed by atoms with van der Waals surface area (Å²) < 4.78 is 0. The molecule has 0 heterocycles. The van der Waals surface area contributed by atoms with Crippen molar-refractivity contribution in [3.05, 3.63) is 28.3 Å². The van der Waals surface area contributed by atoms with Crippen molar-refractivity contribution in [1.82, 2.24) is 0 Å². The van der Waals surface area contributed by atoms with Crippen molar-refractivity contribution in [2.45, 2.75) is 6.92 Å². The number of ketones is 1. The standard InChI is InChI=1S/C9H6ClNO2/c1-5(12)7-3-8(10)6(4-11)2-9(7)13/h2-3,13H,1H3. The second kappa shape index (κ2) is 3.46. The average molecular weight is 196 g/mol. The number of hydrogen-bond donors (Lipinski definition) is 1. The third kappa shape index (κ3) is 1.79.